The lowest BCUT2D eigenvalue weighted by molar-refractivity contribution is -0.153. The van der Waals surface area contributed by atoms with Crippen molar-refractivity contribution in [3.05, 3.63) is 29.8 Å². The first-order valence-corrected chi connectivity index (χ1v) is 9.58. The quantitative estimate of drug-likeness (QED) is 0.281. The van der Waals surface area contributed by atoms with E-state index in [1.54, 1.807) is 26.3 Å². The lowest BCUT2D eigenvalue weighted by Crippen LogP contribution is -2.43. The summed E-state index contributed by atoms with van der Waals surface area (Å²) in [7, 11) is 3.45. The van der Waals surface area contributed by atoms with Crippen LogP contribution in [0.3, 0.4) is 0 Å². The van der Waals surface area contributed by atoms with Crippen LogP contribution < -0.4 is 15.4 Å². The van der Waals surface area contributed by atoms with Gasteiger partial charge >= 0.3 is 6.18 Å². The van der Waals surface area contributed by atoms with Gasteiger partial charge in [0, 0.05) is 33.9 Å². The molecule has 2 rings (SSSR count). The summed E-state index contributed by atoms with van der Waals surface area (Å²) in [6, 6.07) is 6.56. The molecule has 0 bridgehead atoms. The maximum absolute atomic E-state index is 12.2. The summed E-state index contributed by atoms with van der Waals surface area (Å²) in [5, 5.41) is 6.66. The highest BCUT2D eigenvalue weighted by Gasteiger charge is 2.33. The zero-order valence-electron chi connectivity index (χ0n) is 17.0. The van der Waals surface area contributed by atoms with Gasteiger partial charge in [-0.15, -0.1) is 24.0 Å². The molecular formula is C20H31F3IN3O2. The van der Waals surface area contributed by atoms with E-state index in [-0.39, 0.29) is 35.1 Å². The van der Waals surface area contributed by atoms with Crippen LogP contribution in [0.5, 0.6) is 5.75 Å². The number of ether oxygens (including phenoxy) is 2. The van der Waals surface area contributed by atoms with Crippen molar-refractivity contribution >= 4 is 29.9 Å². The maximum atomic E-state index is 12.2. The third-order valence-electron chi connectivity index (χ3n) is 5.14. The Balaban J connectivity index is 0.00000420. The molecule has 29 heavy (non-hydrogen) atoms. The standard InChI is InChI=1S/C20H30F3N3O2.HI/c1-24-18(26-14-19(11-12-27-2)9-3-4-10-19)25-13-16-5-7-17(8-6-16)28-15-20(21,22)23;/h5-8H,3-4,9-15H2,1-2H3,(H2,24,25,26);1H. The lowest BCUT2D eigenvalue weighted by Gasteiger charge is -2.30. The minimum absolute atomic E-state index is 0. The molecule has 0 heterocycles. The van der Waals surface area contributed by atoms with Crippen LogP contribution in [-0.2, 0) is 11.3 Å². The fourth-order valence-electron chi connectivity index (χ4n) is 3.51. The highest BCUT2D eigenvalue weighted by atomic mass is 127. The van der Waals surface area contributed by atoms with Crippen molar-refractivity contribution in [3.63, 3.8) is 0 Å². The Hall–Kier alpha value is -1.23. The molecule has 0 saturated heterocycles. The first-order chi connectivity index (χ1) is 13.4. The molecule has 2 N–H and O–H groups in total. The Morgan fingerprint density at radius 1 is 1.14 bits per heavy atom. The molecule has 1 aliphatic rings. The van der Waals surface area contributed by atoms with Gasteiger partial charge < -0.3 is 20.1 Å². The van der Waals surface area contributed by atoms with E-state index in [1.807, 2.05) is 0 Å². The molecule has 0 unspecified atom stereocenters. The topological polar surface area (TPSA) is 54.9 Å². The van der Waals surface area contributed by atoms with E-state index in [2.05, 4.69) is 15.6 Å². The number of alkyl halides is 3. The van der Waals surface area contributed by atoms with Crippen LogP contribution in [0.1, 0.15) is 37.7 Å². The summed E-state index contributed by atoms with van der Waals surface area (Å²) in [6.45, 7) is 0.840. The van der Waals surface area contributed by atoms with E-state index in [9.17, 15) is 13.2 Å². The largest absolute Gasteiger partial charge is 0.484 e. The zero-order chi connectivity index (χ0) is 20.5. The summed E-state index contributed by atoms with van der Waals surface area (Å²) in [6.07, 6.45) is 1.59. The van der Waals surface area contributed by atoms with Gasteiger partial charge in [0.25, 0.3) is 0 Å². The molecule has 0 aliphatic heterocycles. The lowest BCUT2D eigenvalue weighted by atomic mass is 9.83. The molecule has 0 radical (unpaired) electrons. The van der Waals surface area contributed by atoms with Crippen LogP contribution in [0, 0.1) is 5.41 Å². The molecule has 1 saturated carbocycles. The monoisotopic (exact) mass is 529 g/mol. The summed E-state index contributed by atoms with van der Waals surface area (Å²) < 4.78 is 46.5. The molecule has 5 nitrogen and oxygen atoms in total. The number of nitrogens with zero attached hydrogens (tertiary/aromatic N) is 1. The van der Waals surface area contributed by atoms with Crippen LogP contribution >= 0.6 is 24.0 Å². The van der Waals surface area contributed by atoms with Crippen LogP contribution in [0.2, 0.25) is 0 Å². The molecule has 1 aromatic rings. The van der Waals surface area contributed by atoms with Gasteiger partial charge in [0.2, 0.25) is 0 Å². The minimum Gasteiger partial charge on any atom is -0.484 e. The number of halogens is 4. The van der Waals surface area contributed by atoms with Gasteiger partial charge in [0.1, 0.15) is 5.75 Å². The van der Waals surface area contributed by atoms with Crippen molar-refractivity contribution in [1.82, 2.24) is 10.6 Å². The van der Waals surface area contributed by atoms with Gasteiger partial charge in [0.15, 0.2) is 12.6 Å². The van der Waals surface area contributed by atoms with E-state index in [0.29, 0.717) is 12.5 Å². The van der Waals surface area contributed by atoms with Crippen molar-refractivity contribution in [2.24, 2.45) is 10.4 Å². The third kappa shape index (κ3) is 9.41. The van der Waals surface area contributed by atoms with Crippen LogP contribution in [0.4, 0.5) is 13.2 Å². The van der Waals surface area contributed by atoms with Gasteiger partial charge in [-0.3, -0.25) is 4.99 Å². The van der Waals surface area contributed by atoms with E-state index in [4.69, 9.17) is 9.47 Å². The molecule has 1 aliphatic carbocycles. The molecule has 1 aromatic carbocycles. The van der Waals surface area contributed by atoms with E-state index < -0.39 is 12.8 Å². The summed E-state index contributed by atoms with van der Waals surface area (Å²) >= 11 is 0. The number of hydrogen-bond acceptors (Lipinski definition) is 3. The summed E-state index contributed by atoms with van der Waals surface area (Å²) in [5.74, 6) is 0.908. The van der Waals surface area contributed by atoms with Crippen molar-refractivity contribution < 1.29 is 22.6 Å². The third-order valence-corrected chi connectivity index (χ3v) is 5.14. The first kappa shape index (κ1) is 25.8. The minimum atomic E-state index is -4.33. The Morgan fingerprint density at radius 2 is 1.79 bits per heavy atom. The first-order valence-electron chi connectivity index (χ1n) is 9.58. The van der Waals surface area contributed by atoms with Crippen molar-refractivity contribution in [1.29, 1.82) is 0 Å². The van der Waals surface area contributed by atoms with Crippen LogP contribution in [0.25, 0.3) is 0 Å². The number of nitrogens with one attached hydrogen (secondary N) is 2. The molecular weight excluding hydrogens is 498 g/mol. The number of methoxy groups -OCH3 is 1. The van der Waals surface area contributed by atoms with E-state index in [0.717, 1.165) is 25.1 Å². The Morgan fingerprint density at radius 3 is 2.34 bits per heavy atom. The van der Waals surface area contributed by atoms with Crippen LogP contribution in [-0.4, -0.2) is 46.1 Å². The number of benzene rings is 1. The Bertz CT molecular complexity index is 618. The van der Waals surface area contributed by atoms with E-state index in [1.165, 1.54) is 37.8 Å². The SMILES string of the molecule is CN=C(NCc1ccc(OCC(F)(F)F)cc1)NCC1(CCOC)CCCC1.I. The fraction of sp³-hybridized carbons (Fsp3) is 0.650. The Labute approximate surface area is 187 Å². The second-order valence-corrected chi connectivity index (χ2v) is 7.28. The highest BCUT2D eigenvalue weighted by Crippen LogP contribution is 2.40. The van der Waals surface area contributed by atoms with Gasteiger partial charge in [-0.25, -0.2) is 0 Å². The molecule has 0 aromatic heterocycles. The van der Waals surface area contributed by atoms with Crippen molar-refractivity contribution in [2.75, 3.05) is 33.9 Å². The molecule has 0 spiro atoms. The number of aliphatic imine (C=N–C) groups is 1. The number of rotatable bonds is 9. The van der Waals surface area contributed by atoms with Crippen molar-refractivity contribution in [3.8, 4) is 5.75 Å². The second kappa shape index (κ2) is 12.5. The molecule has 0 amide bonds. The zero-order valence-corrected chi connectivity index (χ0v) is 19.3. The summed E-state index contributed by atoms with van der Waals surface area (Å²) in [4.78, 5) is 4.26. The van der Waals surface area contributed by atoms with Gasteiger partial charge in [-0.2, -0.15) is 13.2 Å². The van der Waals surface area contributed by atoms with E-state index >= 15 is 0 Å². The molecule has 166 valence electrons. The average Bonchev–Trinajstić information content (AvgIpc) is 3.14. The Kier molecular flexibility index (Phi) is 11.1. The maximum Gasteiger partial charge on any atom is 0.422 e. The van der Waals surface area contributed by atoms with Crippen LogP contribution in [0.15, 0.2) is 29.3 Å². The average molecular weight is 529 g/mol. The molecule has 0 atom stereocenters. The fourth-order valence-corrected chi connectivity index (χ4v) is 3.51. The van der Waals surface area contributed by atoms with Gasteiger partial charge in [0.05, 0.1) is 0 Å². The second-order valence-electron chi connectivity index (χ2n) is 7.28. The number of guanidine groups is 1. The predicted octanol–water partition coefficient (Wildman–Crippen LogP) is 4.51. The summed E-state index contributed by atoms with van der Waals surface area (Å²) in [5.41, 5.74) is 1.18. The van der Waals surface area contributed by atoms with Gasteiger partial charge in [-0.1, -0.05) is 25.0 Å². The highest BCUT2D eigenvalue weighted by molar-refractivity contribution is 14.0. The normalized spacial score (nSPS) is 16.2. The predicted molar refractivity (Wildman–Crippen MR) is 119 cm³/mol. The smallest absolute Gasteiger partial charge is 0.422 e. The molecule has 9 heteroatoms. The van der Waals surface area contributed by atoms with Gasteiger partial charge in [-0.05, 0) is 42.4 Å². The van der Waals surface area contributed by atoms with Crippen molar-refractivity contribution in [2.45, 2.75) is 44.8 Å². The number of hydrogen-bond donors (Lipinski definition) is 2. The molecule has 1 fully saturated rings.